The van der Waals surface area contributed by atoms with Crippen molar-refractivity contribution in [2.45, 2.75) is 71.9 Å². The van der Waals surface area contributed by atoms with Gasteiger partial charge >= 0.3 is 11.9 Å². The molecular formula is C27H35NO6. The van der Waals surface area contributed by atoms with E-state index >= 15 is 0 Å². The van der Waals surface area contributed by atoms with Crippen molar-refractivity contribution in [2.24, 2.45) is 0 Å². The van der Waals surface area contributed by atoms with Crippen LogP contribution in [0.2, 0.25) is 0 Å². The Bertz CT molecular complexity index is 954. The predicted octanol–water partition coefficient (Wildman–Crippen LogP) is 5.30. The van der Waals surface area contributed by atoms with Gasteiger partial charge in [0, 0.05) is 20.0 Å². The van der Waals surface area contributed by atoms with Gasteiger partial charge in [0.05, 0.1) is 0 Å². The summed E-state index contributed by atoms with van der Waals surface area (Å²) in [5, 5.41) is 18.2. The van der Waals surface area contributed by atoms with E-state index in [9.17, 15) is 19.5 Å². The highest BCUT2D eigenvalue weighted by atomic mass is 16.5. The summed E-state index contributed by atoms with van der Waals surface area (Å²) >= 11 is 0. The first-order valence-electron chi connectivity index (χ1n) is 11.8. The number of carboxylic acids is 2. The van der Waals surface area contributed by atoms with Crippen molar-refractivity contribution in [3.8, 4) is 5.75 Å². The van der Waals surface area contributed by atoms with Crippen LogP contribution in [0, 0.1) is 0 Å². The van der Waals surface area contributed by atoms with Gasteiger partial charge in [-0.05, 0) is 41.7 Å². The number of ether oxygens (including phenoxy) is 1. The molecule has 0 saturated heterocycles. The molecule has 7 heteroatoms. The van der Waals surface area contributed by atoms with Crippen LogP contribution in [0.1, 0.15) is 79.4 Å². The Balaban J connectivity index is 1.99. The molecule has 0 spiro atoms. The Hall–Kier alpha value is -3.35. The number of amides is 1. The molecule has 0 unspecified atom stereocenters. The zero-order valence-electron chi connectivity index (χ0n) is 20.1. The Morgan fingerprint density at radius 1 is 0.824 bits per heavy atom. The van der Waals surface area contributed by atoms with E-state index in [0.29, 0.717) is 12.1 Å². The van der Waals surface area contributed by atoms with E-state index in [0.717, 1.165) is 12.0 Å². The molecule has 0 aromatic heterocycles. The van der Waals surface area contributed by atoms with Crippen LogP contribution in [-0.2, 0) is 29.1 Å². The maximum absolute atomic E-state index is 12.3. The van der Waals surface area contributed by atoms with Gasteiger partial charge in [-0.1, -0.05) is 69.4 Å². The van der Waals surface area contributed by atoms with Crippen LogP contribution in [0.25, 0.3) is 0 Å². The summed E-state index contributed by atoms with van der Waals surface area (Å²) < 4.78 is 5.07. The number of nitrogens with zero attached hydrogens (tertiary/aromatic N) is 1. The van der Waals surface area contributed by atoms with Crippen molar-refractivity contribution in [1.82, 2.24) is 4.90 Å². The summed E-state index contributed by atoms with van der Waals surface area (Å²) in [7, 11) is 0. The molecule has 0 heterocycles. The van der Waals surface area contributed by atoms with Gasteiger partial charge in [-0.25, -0.2) is 9.59 Å². The van der Waals surface area contributed by atoms with Crippen LogP contribution >= 0.6 is 0 Å². The average Bonchev–Trinajstić information content (AvgIpc) is 2.80. The number of unbranched alkanes of at least 4 members (excludes halogenated alkanes) is 5. The van der Waals surface area contributed by atoms with Crippen molar-refractivity contribution in [1.29, 1.82) is 0 Å². The predicted molar refractivity (Wildman–Crippen MR) is 130 cm³/mol. The molecule has 34 heavy (non-hydrogen) atoms. The molecule has 0 aliphatic rings. The second-order valence-corrected chi connectivity index (χ2v) is 8.53. The smallest absolute Gasteiger partial charge is 0.341 e. The number of benzene rings is 2. The van der Waals surface area contributed by atoms with Crippen molar-refractivity contribution in [2.75, 3.05) is 6.61 Å². The van der Waals surface area contributed by atoms with E-state index in [2.05, 4.69) is 19.1 Å². The largest absolute Gasteiger partial charge is 0.481 e. The maximum Gasteiger partial charge on any atom is 0.341 e. The lowest BCUT2D eigenvalue weighted by atomic mass is 10.0. The van der Waals surface area contributed by atoms with Crippen molar-refractivity contribution >= 4 is 17.8 Å². The molecule has 2 aromatic carbocycles. The van der Waals surface area contributed by atoms with E-state index in [-0.39, 0.29) is 23.8 Å². The van der Waals surface area contributed by atoms with E-state index in [1.807, 2.05) is 12.1 Å². The molecule has 0 fully saturated rings. The molecule has 0 radical (unpaired) electrons. The Kier molecular flexibility index (Phi) is 11.1. The fraction of sp³-hybridized carbons (Fsp3) is 0.444. The third kappa shape index (κ3) is 9.25. The summed E-state index contributed by atoms with van der Waals surface area (Å²) in [4.78, 5) is 36.2. The monoisotopic (exact) mass is 469 g/mol. The Labute approximate surface area is 201 Å². The van der Waals surface area contributed by atoms with Crippen LogP contribution in [0.15, 0.2) is 42.5 Å². The highest BCUT2D eigenvalue weighted by Gasteiger charge is 2.16. The lowest BCUT2D eigenvalue weighted by Gasteiger charge is -2.22. The van der Waals surface area contributed by atoms with E-state index in [1.54, 1.807) is 11.0 Å². The lowest BCUT2D eigenvalue weighted by molar-refractivity contribution is -0.139. The highest BCUT2D eigenvalue weighted by Crippen LogP contribution is 2.22. The number of carboxylic acid groups (broad SMARTS) is 2. The first kappa shape index (κ1) is 26.9. The molecule has 1 amide bonds. The number of hydrogen-bond acceptors (Lipinski definition) is 4. The van der Waals surface area contributed by atoms with Gasteiger partial charge in [-0.15, -0.1) is 0 Å². The van der Waals surface area contributed by atoms with Gasteiger partial charge in [-0.3, -0.25) is 4.79 Å². The van der Waals surface area contributed by atoms with Gasteiger partial charge in [0.15, 0.2) is 6.61 Å². The van der Waals surface area contributed by atoms with Crippen molar-refractivity contribution < 1.29 is 29.3 Å². The molecule has 2 N–H and O–H groups in total. The number of aryl methyl sites for hydroxylation is 1. The minimum Gasteiger partial charge on any atom is -0.481 e. The fourth-order valence-electron chi connectivity index (χ4n) is 3.75. The lowest BCUT2D eigenvalue weighted by Crippen LogP contribution is -2.27. The Morgan fingerprint density at radius 2 is 1.41 bits per heavy atom. The number of aromatic carboxylic acids is 1. The molecule has 0 bridgehead atoms. The first-order chi connectivity index (χ1) is 16.3. The van der Waals surface area contributed by atoms with E-state index in [1.165, 1.54) is 63.1 Å². The SMILES string of the molecule is CCCCCCCCc1ccc(CN(Cc2ccc(OCC(=O)O)c(C(=O)O)c2)C(C)=O)cc1. The van der Waals surface area contributed by atoms with Gasteiger partial charge in [0.1, 0.15) is 11.3 Å². The second-order valence-electron chi connectivity index (χ2n) is 8.53. The van der Waals surface area contributed by atoms with Crippen LogP contribution in [0.5, 0.6) is 5.75 Å². The minimum absolute atomic E-state index is 0.0195. The van der Waals surface area contributed by atoms with Crippen molar-refractivity contribution in [3.05, 3.63) is 64.7 Å². The fourth-order valence-corrected chi connectivity index (χ4v) is 3.75. The molecule has 2 aromatic rings. The maximum atomic E-state index is 12.3. The molecule has 0 atom stereocenters. The zero-order chi connectivity index (χ0) is 24.9. The Morgan fingerprint density at radius 3 is 2.03 bits per heavy atom. The molecule has 0 aliphatic heterocycles. The van der Waals surface area contributed by atoms with E-state index < -0.39 is 18.5 Å². The summed E-state index contributed by atoms with van der Waals surface area (Å²) in [5.41, 5.74) is 2.77. The van der Waals surface area contributed by atoms with E-state index in [4.69, 9.17) is 9.84 Å². The van der Waals surface area contributed by atoms with Crippen LogP contribution < -0.4 is 4.74 Å². The third-order valence-corrected chi connectivity index (χ3v) is 5.66. The van der Waals surface area contributed by atoms with Crippen LogP contribution in [-0.4, -0.2) is 39.6 Å². The average molecular weight is 470 g/mol. The first-order valence-corrected chi connectivity index (χ1v) is 11.8. The second kappa shape index (κ2) is 14.0. The number of hydrogen-bond donors (Lipinski definition) is 2. The molecule has 0 aliphatic carbocycles. The topological polar surface area (TPSA) is 104 Å². The summed E-state index contributed by atoms with van der Waals surface area (Å²) in [6.45, 7) is 3.71. The summed E-state index contributed by atoms with van der Waals surface area (Å²) in [5.74, 6) is -2.56. The van der Waals surface area contributed by atoms with Gasteiger partial charge in [-0.2, -0.15) is 0 Å². The van der Waals surface area contributed by atoms with Gasteiger partial charge in [0.2, 0.25) is 5.91 Å². The number of carbonyl (C=O) groups is 3. The normalized spacial score (nSPS) is 10.6. The summed E-state index contributed by atoms with van der Waals surface area (Å²) in [6, 6.07) is 12.8. The van der Waals surface area contributed by atoms with Crippen molar-refractivity contribution in [3.63, 3.8) is 0 Å². The zero-order valence-corrected chi connectivity index (χ0v) is 20.1. The minimum atomic E-state index is -1.22. The quantitative estimate of drug-likeness (QED) is 0.343. The number of carbonyl (C=O) groups excluding carboxylic acids is 1. The third-order valence-electron chi connectivity index (χ3n) is 5.66. The van der Waals surface area contributed by atoms with Gasteiger partial charge < -0.3 is 19.8 Å². The van der Waals surface area contributed by atoms with Gasteiger partial charge in [0.25, 0.3) is 0 Å². The number of aliphatic carboxylic acids is 1. The molecule has 184 valence electrons. The highest BCUT2D eigenvalue weighted by molar-refractivity contribution is 5.91. The molecule has 7 nitrogen and oxygen atoms in total. The molecule has 2 rings (SSSR count). The van der Waals surface area contributed by atoms with Crippen LogP contribution in [0.4, 0.5) is 0 Å². The van der Waals surface area contributed by atoms with Crippen LogP contribution in [0.3, 0.4) is 0 Å². The number of rotatable bonds is 15. The summed E-state index contributed by atoms with van der Waals surface area (Å²) in [6.07, 6.45) is 8.64. The molecule has 0 saturated carbocycles. The standard InChI is InChI=1S/C27H35NO6/c1-3-4-5-6-7-8-9-21-10-12-22(13-11-21)17-28(20(2)29)18-23-14-15-25(34-19-26(30)31)24(16-23)27(32)33/h10-16H,3-9,17-19H2,1-2H3,(H,30,31)(H,32,33). The molecular weight excluding hydrogens is 434 g/mol.